The van der Waals surface area contributed by atoms with Crippen LogP contribution in [0.25, 0.3) is 0 Å². The van der Waals surface area contributed by atoms with Gasteiger partial charge in [0.05, 0.1) is 12.8 Å². The van der Waals surface area contributed by atoms with Gasteiger partial charge in [0, 0.05) is 16.7 Å². The summed E-state index contributed by atoms with van der Waals surface area (Å²) in [5, 5.41) is 4.02. The molecule has 142 valence electrons. The molecule has 0 unspecified atom stereocenters. The average Bonchev–Trinajstić information content (AvgIpc) is 2.72. The van der Waals surface area contributed by atoms with Crippen LogP contribution in [0.1, 0.15) is 34.1 Å². The molecule has 0 saturated carbocycles. The molecule has 4 nitrogen and oxygen atoms in total. The molecule has 3 aromatic carbocycles. The van der Waals surface area contributed by atoms with E-state index in [-0.39, 0.29) is 19.0 Å². The van der Waals surface area contributed by atoms with Crippen molar-refractivity contribution in [2.45, 2.75) is 26.4 Å². The summed E-state index contributed by atoms with van der Waals surface area (Å²) in [6.45, 7) is 2.37. The number of benzene rings is 3. The van der Waals surface area contributed by atoms with Crippen LogP contribution in [-0.2, 0) is 22.8 Å². The first kappa shape index (κ1) is 18.2. The molecule has 28 heavy (non-hydrogen) atoms. The van der Waals surface area contributed by atoms with Gasteiger partial charge in [-0.3, -0.25) is 0 Å². The van der Waals surface area contributed by atoms with E-state index in [9.17, 15) is 4.39 Å². The van der Waals surface area contributed by atoms with Crippen molar-refractivity contribution in [2.75, 3.05) is 0 Å². The lowest BCUT2D eigenvalue weighted by Gasteiger charge is -2.28. The molecule has 0 bridgehead atoms. The highest BCUT2D eigenvalue weighted by molar-refractivity contribution is 5.81. The van der Waals surface area contributed by atoms with Gasteiger partial charge in [0.15, 0.2) is 0 Å². The van der Waals surface area contributed by atoms with Crippen molar-refractivity contribution in [2.24, 2.45) is 5.16 Å². The van der Waals surface area contributed by atoms with Gasteiger partial charge in [0.1, 0.15) is 18.2 Å². The van der Waals surface area contributed by atoms with E-state index in [1.807, 2.05) is 61.5 Å². The second-order valence-corrected chi connectivity index (χ2v) is 6.59. The van der Waals surface area contributed by atoms with E-state index in [1.54, 1.807) is 6.21 Å². The first-order valence-electron chi connectivity index (χ1n) is 9.06. The molecule has 0 aliphatic carbocycles. The quantitative estimate of drug-likeness (QED) is 0.448. The van der Waals surface area contributed by atoms with Crippen LogP contribution in [0.15, 0.2) is 71.9 Å². The second kappa shape index (κ2) is 8.23. The van der Waals surface area contributed by atoms with Crippen LogP contribution in [0, 0.1) is 12.7 Å². The van der Waals surface area contributed by atoms with Crippen molar-refractivity contribution in [3.63, 3.8) is 0 Å². The number of ether oxygens (including phenoxy) is 2. The highest BCUT2D eigenvalue weighted by Gasteiger charge is 2.25. The van der Waals surface area contributed by atoms with Gasteiger partial charge in [-0.25, -0.2) is 4.39 Å². The lowest BCUT2D eigenvalue weighted by Crippen LogP contribution is -2.19. The minimum atomic E-state index is -0.534. The number of aryl methyl sites for hydroxylation is 1. The molecule has 0 fully saturated rings. The van der Waals surface area contributed by atoms with Crippen LogP contribution in [0.2, 0.25) is 0 Å². The Bertz CT molecular complexity index is 988. The van der Waals surface area contributed by atoms with Crippen molar-refractivity contribution in [1.82, 2.24) is 0 Å². The molecule has 4 rings (SSSR count). The van der Waals surface area contributed by atoms with Crippen molar-refractivity contribution < 1.29 is 18.7 Å². The van der Waals surface area contributed by atoms with Crippen LogP contribution in [0.5, 0.6) is 5.75 Å². The summed E-state index contributed by atoms with van der Waals surface area (Å²) in [6, 6.07) is 20.3. The average molecular weight is 377 g/mol. The smallest absolute Gasteiger partial charge is 0.227 e. The van der Waals surface area contributed by atoms with Gasteiger partial charge in [-0.05, 0) is 30.2 Å². The first-order valence-corrected chi connectivity index (χ1v) is 9.06. The molecule has 0 radical (unpaired) electrons. The maximum Gasteiger partial charge on any atom is 0.227 e. The van der Waals surface area contributed by atoms with Crippen LogP contribution < -0.4 is 4.74 Å². The largest absolute Gasteiger partial charge is 0.460 e. The molecule has 0 amide bonds. The summed E-state index contributed by atoms with van der Waals surface area (Å²) in [4.78, 5) is 5.42. The molecular formula is C23H20FNO3. The van der Waals surface area contributed by atoms with E-state index < -0.39 is 6.29 Å². The number of oxime groups is 1. The summed E-state index contributed by atoms with van der Waals surface area (Å²) >= 11 is 0. The minimum Gasteiger partial charge on any atom is -0.460 e. The highest BCUT2D eigenvalue weighted by atomic mass is 19.1. The summed E-state index contributed by atoms with van der Waals surface area (Å²) in [7, 11) is 0. The summed E-state index contributed by atoms with van der Waals surface area (Å²) in [5.41, 5.74) is 4.23. The van der Waals surface area contributed by atoms with Gasteiger partial charge in [-0.2, -0.15) is 0 Å². The Hall–Kier alpha value is -3.18. The van der Waals surface area contributed by atoms with E-state index in [2.05, 4.69) is 5.16 Å². The maximum atomic E-state index is 14.0. The van der Waals surface area contributed by atoms with Gasteiger partial charge in [0.25, 0.3) is 0 Å². The zero-order valence-corrected chi connectivity index (χ0v) is 15.5. The zero-order valence-electron chi connectivity index (χ0n) is 15.5. The Morgan fingerprint density at radius 3 is 2.71 bits per heavy atom. The monoisotopic (exact) mass is 377 g/mol. The SMILES string of the molecule is Cc1ccccc1/C=N\OCc1cc(F)cc2c1O[C@@H](c1ccccc1)OC2. The second-order valence-electron chi connectivity index (χ2n) is 6.59. The molecule has 0 aromatic heterocycles. The predicted octanol–water partition coefficient (Wildman–Crippen LogP) is 5.29. The maximum absolute atomic E-state index is 14.0. The Labute approximate surface area is 163 Å². The highest BCUT2D eigenvalue weighted by Crippen LogP contribution is 2.36. The molecule has 0 N–H and O–H groups in total. The van der Waals surface area contributed by atoms with Crippen LogP contribution in [-0.4, -0.2) is 6.21 Å². The lowest BCUT2D eigenvalue weighted by molar-refractivity contribution is -0.112. The third-order valence-electron chi connectivity index (χ3n) is 4.57. The first-order chi connectivity index (χ1) is 13.7. The molecule has 1 aliphatic rings. The number of rotatable bonds is 5. The third kappa shape index (κ3) is 4.05. The fourth-order valence-electron chi connectivity index (χ4n) is 3.09. The minimum absolute atomic E-state index is 0.101. The van der Waals surface area contributed by atoms with Crippen molar-refractivity contribution in [3.8, 4) is 5.75 Å². The Balaban J connectivity index is 1.50. The van der Waals surface area contributed by atoms with Crippen LogP contribution in [0.4, 0.5) is 4.39 Å². The number of hydrogen-bond donors (Lipinski definition) is 0. The standard InChI is InChI=1S/C23H20FNO3/c1-16-7-5-6-10-18(16)13-25-27-15-20-12-21(24)11-19-14-26-23(28-22(19)20)17-8-3-2-4-9-17/h2-13,23H,14-15H2,1H3/b25-13-/t23-/m0/s1. The molecule has 1 heterocycles. The Morgan fingerprint density at radius 2 is 1.89 bits per heavy atom. The Kier molecular flexibility index (Phi) is 5.35. The van der Waals surface area contributed by atoms with E-state index in [4.69, 9.17) is 14.3 Å². The fraction of sp³-hybridized carbons (Fsp3) is 0.174. The van der Waals surface area contributed by atoms with E-state index in [0.29, 0.717) is 16.9 Å². The molecule has 5 heteroatoms. The van der Waals surface area contributed by atoms with Gasteiger partial charge in [0.2, 0.25) is 6.29 Å². The topological polar surface area (TPSA) is 40.0 Å². The Morgan fingerprint density at radius 1 is 1.11 bits per heavy atom. The molecule has 1 aliphatic heterocycles. The van der Waals surface area contributed by atoms with Crippen molar-refractivity contribution in [1.29, 1.82) is 0 Å². The summed E-state index contributed by atoms with van der Waals surface area (Å²) in [5.74, 6) is 0.234. The number of hydrogen-bond acceptors (Lipinski definition) is 4. The van der Waals surface area contributed by atoms with E-state index >= 15 is 0 Å². The lowest BCUT2D eigenvalue weighted by atomic mass is 10.1. The third-order valence-corrected chi connectivity index (χ3v) is 4.57. The number of halogens is 1. The van der Waals surface area contributed by atoms with Gasteiger partial charge in [-0.15, -0.1) is 0 Å². The van der Waals surface area contributed by atoms with E-state index in [1.165, 1.54) is 12.1 Å². The molecular weight excluding hydrogens is 357 g/mol. The van der Waals surface area contributed by atoms with Gasteiger partial charge < -0.3 is 14.3 Å². The number of fused-ring (bicyclic) bond motifs is 1. The zero-order chi connectivity index (χ0) is 19.3. The van der Waals surface area contributed by atoms with Gasteiger partial charge >= 0.3 is 0 Å². The number of nitrogens with zero attached hydrogens (tertiary/aromatic N) is 1. The predicted molar refractivity (Wildman–Crippen MR) is 105 cm³/mol. The van der Waals surface area contributed by atoms with Gasteiger partial charge in [-0.1, -0.05) is 59.8 Å². The fourth-order valence-corrected chi connectivity index (χ4v) is 3.09. The van der Waals surface area contributed by atoms with Crippen LogP contribution >= 0.6 is 0 Å². The molecule has 0 spiro atoms. The van der Waals surface area contributed by atoms with Crippen molar-refractivity contribution >= 4 is 6.21 Å². The summed E-state index contributed by atoms with van der Waals surface area (Å²) in [6.07, 6.45) is 1.12. The molecule has 3 aromatic rings. The summed E-state index contributed by atoms with van der Waals surface area (Å²) < 4.78 is 25.8. The molecule has 1 atom stereocenters. The van der Waals surface area contributed by atoms with Crippen LogP contribution in [0.3, 0.4) is 0 Å². The molecule has 0 saturated heterocycles. The van der Waals surface area contributed by atoms with E-state index in [0.717, 1.165) is 16.7 Å². The van der Waals surface area contributed by atoms with Crippen molar-refractivity contribution in [3.05, 3.63) is 100 Å². The normalized spacial score (nSPS) is 15.9.